The van der Waals surface area contributed by atoms with Gasteiger partial charge < -0.3 is 0 Å². The highest BCUT2D eigenvalue weighted by Crippen LogP contribution is 2.76. The maximum atomic E-state index is 5.33. The summed E-state index contributed by atoms with van der Waals surface area (Å²) in [6.45, 7) is 0.804. The van der Waals surface area contributed by atoms with Crippen LogP contribution in [0.15, 0.2) is 0 Å². The first kappa shape index (κ1) is 8.15. The molecule has 1 aliphatic rings. The van der Waals surface area contributed by atoms with Crippen molar-refractivity contribution >= 4 is 29.8 Å². The fraction of sp³-hybridized carbons (Fsp3) is 1.00. The molecule has 0 aromatic heterocycles. The van der Waals surface area contributed by atoms with Crippen molar-refractivity contribution in [3.05, 3.63) is 0 Å². The van der Waals surface area contributed by atoms with Gasteiger partial charge in [-0.25, -0.2) is 0 Å². The van der Waals surface area contributed by atoms with E-state index in [1.165, 1.54) is 0 Å². The molecular weight excluding hydrogens is 175 g/mol. The second kappa shape index (κ2) is 3.44. The predicted octanol–water partition coefficient (Wildman–Crippen LogP) is 2.39. The highest BCUT2D eigenvalue weighted by atomic mass is 33.1. The summed E-state index contributed by atoms with van der Waals surface area (Å²) in [4.78, 5) is 0. The van der Waals surface area contributed by atoms with Crippen molar-refractivity contribution in [1.29, 1.82) is 0 Å². The van der Waals surface area contributed by atoms with Crippen molar-refractivity contribution in [3.63, 3.8) is 0 Å². The molecule has 5 heteroatoms. The summed E-state index contributed by atoms with van der Waals surface area (Å²) >= 11 is 5.98. The average molecular weight is 185 g/mol. The molecule has 0 aliphatic carbocycles. The largest absolute Gasteiger partial charge is 0.392 e. The molecule has 0 amide bonds. The zero-order valence-corrected chi connectivity index (χ0v) is 7.85. The number of rotatable bonds is 1. The van der Waals surface area contributed by atoms with E-state index in [0.717, 1.165) is 18.8 Å². The Morgan fingerprint density at radius 2 is 2.56 bits per heavy atom. The van der Waals surface area contributed by atoms with E-state index in [-0.39, 0.29) is 0 Å². The standard InChI is InChI=1S/C4H10O2PS2/c1-5-7(8)6-3-2-4-9-7/h8H,2-4H2,1H3/q+1. The molecule has 1 unspecified atom stereocenters. The fourth-order valence-corrected chi connectivity index (χ4v) is 4.51. The molecule has 0 bridgehead atoms. The van der Waals surface area contributed by atoms with Gasteiger partial charge in [0, 0.05) is 5.75 Å². The molecule has 2 nitrogen and oxygen atoms in total. The van der Waals surface area contributed by atoms with Crippen molar-refractivity contribution in [1.82, 2.24) is 0 Å². The molecule has 1 saturated heterocycles. The Kier molecular flexibility index (Phi) is 3.12. The smallest absolute Gasteiger partial charge is 0.187 e. The van der Waals surface area contributed by atoms with E-state index in [2.05, 4.69) is 12.2 Å². The van der Waals surface area contributed by atoms with Gasteiger partial charge in [0.15, 0.2) is 0 Å². The first-order valence-electron chi connectivity index (χ1n) is 2.73. The maximum absolute atomic E-state index is 5.33. The van der Waals surface area contributed by atoms with E-state index in [0.29, 0.717) is 0 Å². The van der Waals surface area contributed by atoms with Gasteiger partial charge in [0.05, 0.1) is 37.3 Å². The third-order valence-electron chi connectivity index (χ3n) is 1.03. The molecular formula is C4H10O2PS2+. The Labute approximate surface area is 65.1 Å². The number of hydrogen-bond acceptors (Lipinski definition) is 4. The molecule has 0 N–H and O–H groups in total. The van der Waals surface area contributed by atoms with Gasteiger partial charge in [0.2, 0.25) is 0 Å². The normalized spacial score (nSPS) is 36.7. The van der Waals surface area contributed by atoms with Crippen LogP contribution in [-0.4, -0.2) is 19.5 Å². The van der Waals surface area contributed by atoms with Crippen LogP contribution in [0.25, 0.3) is 0 Å². The highest BCUT2D eigenvalue weighted by Gasteiger charge is 2.41. The first-order valence-corrected chi connectivity index (χ1v) is 7.10. The lowest BCUT2D eigenvalue weighted by Crippen LogP contribution is -2.02. The van der Waals surface area contributed by atoms with Crippen LogP contribution in [0.4, 0.5) is 0 Å². The van der Waals surface area contributed by atoms with Gasteiger partial charge in [-0.2, -0.15) is 9.05 Å². The van der Waals surface area contributed by atoms with E-state index in [1.54, 1.807) is 18.5 Å². The van der Waals surface area contributed by atoms with E-state index in [1.807, 2.05) is 0 Å². The van der Waals surface area contributed by atoms with Crippen LogP contribution in [0.1, 0.15) is 6.42 Å². The molecule has 0 aromatic carbocycles. The summed E-state index contributed by atoms with van der Waals surface area (Å²) in [6, 6.07) is 0. The molecule has 0 saturated carbocycles. The minimum absolute atomic E-state index is 0.804. The summed E-state index contributed by atoms with van der Waals surface area (Å²) in [5, 5.41) is 0. The molecule has 9 heavy (non-hydrogen) atoms. The Hall–Kier alpha value is 1.05. The third kappa shape index (κ3) is 2.28. The molecule has 1 rings (SSSR count). The van der Waals surface area contributed by atoms with Crippen molar-refractivity contribution < 1.29 is 9.05 Å². The van der Waals surface area contributed by atoms with Crippen molar-refractivity contribution in [2.45, 2.75) is 6.42 Å². The summed E-state index contributed by atoms with van der Waals surface area (Å²) in [7, 11) is 1.65. The summed E-state index contributed by atoms with van der Waals surface area (Å²) < 4.78 is 10.4. The van der Waals surface area contributed by atoms with Crippen LogP contribution >= 0.6 is 29.8 Å². The molecule has 1 fully saturated rings. The van der Waals surface area contributed by atoms with Crippen molar-refractivity contribution in [2.75, 3.05) is 19.5 Å². The Balaban J connectivity index is 2.37. The van der Waals surface area contributed by atoms with Crippen LogP contribution in [0, 0.1) is 0 Å². The zero-order chi connectivity index (χ0) is 6.74. The predicted molar refractivity (Wildman–Crippen MR) is 45.9 cm³/mol. The molecule has 54 valence electrons. The minimum atomic E-state index is -1.73. The number of thiol groups is 1. The average Bonchev–Trinajstić information content (AvgIpc) is 1.90. The Morgan fingerprint density at radius 3 is 2.89 bits per heavy atom. The lowest BCUT2D eigenvalue weighted by molar-refractivity contribution is 0.288. The van der Waals surface area contributed by atoms with E-state index >= 15 is 0 Å². The summed E-state index contributed by atoms with van der Waals surface area (Å²) in [5.74, 6) is 1.12. The van der Waals surface area contributed by atoms with Gasteiger partial charge in [0.1, 0.15) is 0 Å². The zero-order valence-electron chi connectivity index (χ0n) is 5.24. The van der Waals surface area contributed by atoms with E-state index < -0.39 is 6.12 Å². The van der Waals surface area contributed by atoms with Crippen LogP contribution in [0.2, 0.25) is 0 Å². The van der Waals surface area contributed by atoms with Crippen LogP contribution in [0.3, 0.4) is 0 Å². The van der Waals surface area contributed by atoms with Crippen LogP contribution in [-0.2, 0) is 9.05 Å². The van der Waals surface area contributed by atoms with Gasteiger partial charge in [-0.15, -0.1) is 0 Å². The van der Waals surface area contributed by atoms with Crippen molar-refractivity contribution in [2.24, 2.45) is 0 Å². The third-order valence-corrected chi connectivity index (χ3v) is 6.96. The van der Waals surface area contributed by atoms with Gasteiger partial charge in [-0.05, 0) is 6.42 Å². The van der Waals surface area contributed by atoms with Crippen LogP contribution in [0.5, 0.6) is 0 Å². The fourth-order valence-electron chi connectivity index (χ4n) is 0.561. The second-order valence-electron chi connectivity index (χ2n) is 1.67. The second-order valence-corrected chi connectivity index (χ2v) is 8.51. The minimum Gasteiger partial charge on any atom is -0.187 e. The monoisotopic (exact) mass is 185 g/mol. The maximum Gasteiger partial charge on any atom is 0.392 e. The molecule has 0 spiro atoms. The van der Waals surface area contributed by atoms with Gasteiger partial charge >= 0.3 is 6.12 Å². The van der Waals surface area contributed by atoms with Crippen LogP contribution < -0.4 is 0 Å². The Bertz CT molecular complexity index is 94.6. The lowest BCUT2D eigenvalue weighted by Gasteiger charge is -2.17. The highest BCUT2D eigenvalue weighted by molar-refractivity contribution is 8.87. The van der Waals surface area contributed by atoms with Crippen molar-refractivity contribution in [3.8, 4) is 0 Å². The van der Waals surface area contributed by atoms with Gasteiger partial charge in [-0.1, -0.05) is 0 Å². The summed E-state index contributed by atoms with van der Waals surface area (Å²) in [6.07, 6.45) is -0.612. The number of hydrogen-bond donors (Lipinski definition) is 1. The van der Waals surface area contributed by atoms with Gasteiger partial charge in [0.25, 0.3) is 0 Å². The van der Waals surface area contributed by atoms with E-state index in [9.17, 15) is 0 Å². The van der Waals surface area contributed by atoms with Gasteiger partial charge in [-0.3, -0.25) is 0 Å². The molecule has 0 aromatic rings. The molecule has 1 aliphatic heterocycles. The SMILES string of the molecule is CO[P+]1(S)OCCCS1. The van der Waals surface area contributed by atoms with E-state index in [4.69, 9.17) is 9.05 Å². The molecule has 1 heterocycles. The molecule has 1 atom stereocenters. The first-order chi connectivity index (χ1) is 4.27. The lowest BCUT2D eigenvalue weighted by atomic mass is 10.5. The Morgan fingerprint density at radius 1 is 1.78 bits per heavy atom. The quantitative estimate of drug-likeness (QED) is 0.500. The molecule has 0 radical (unpaired) electrons. The topological polar surface area (TPSA) is 18.5 Å². The summed E-state index contributed by atoms with van der Waals surface area (Å²) in [5.41, 5.74) is 0.